The quantitative estimate of drug-likeness (QED) is 0.348. The van der Waals surface area contributed by atoms with Gasteiger partial charge in [-0.05, 0) is 46.8 Å². The number of thiophene rings is 1. The van der Waals surface area contributed by atoms with Crippen LogP contribution in [0.3, 0.4) is 0 Å². The highest BCUT2D eigenvalue weighted by Crippen LogP contribution is 2.26. The van der Waals surface area contributed by atoms with Gasteiger partial charge in [-0.15, -0.1) is 11.3 Å². The fourth-order valence-corrected chi connectivity index (χ4v) is 2.56. The zero-order valence-electron chi connectivity index (χ0n) is 7.17. The van der Waals surface area contributed by atoms with Gasteiger partial charge in [0.25, 0.3) is 5.88 Å². The smallest absolute Gasteiger partial charge is 0.253 e. The molecule has 0 N–H and O–H groups in total. The van der Waals surface area contributed by atoms with Crippen molar-refractivity contribution in [2.24, 2.45) is 0 Å². The Hall–Kier alpha value is -1.07. The molecule has 14 heavy (non-hydrogen) atoms. The van der Waals surface area contributed by atoms with E-state index in [1.807, 2.05) is 29.6 Å². The summed E-state index contributed by atoms with van der Waals surface area (Å²) in [5.74, 6) is -0.0738. The second-order valence-electron chi connectivity index (χ2n) is 2.73. The van der Waals surface area contributed by atoms with Crippen LogP contribution in [0.5, 0.6) is 0 Å². The summed E-state index contributed by atoms with van der Waals surface area (Å²) in [5, 5.41) is 13.3. The molecule has 0 fully saturated rings. The molecule has 0 atom stereocenters. The Labute approximate surface area is 88.9 Å². The van der Waals surface area contributed by atoms with Crippen LogP contribution in [-0.2, 0) is 0 Å². The number of fused-ring (bicyclic) bond motifs is 1. The van der Waals surface area contributed by atoms with Crippen molar-refractivity contribution in [3.05, 3.63) is 39.8 Å². The van der Waals surface area contributed by atoms with Crippen LogP contribution in [0.1, 0.15) is 0 Å². The van der Waals surface area contributed by atoms with E-state index >= 15 is 0 Å². The van der Waals surface area contributed by atoms with Crippen molar-refractivity contribution in [2.75, 3.05) is 5.88 Å². The third-order valence-corrected chi connectivity index (χ3v) is 3.59. The summed E-state index contributed by atoms with van der Waals surface area (Å²) in [6.07, 6.45) is 0. The summed E-state index contributed by atoms with van der Waals surface area (Å²) in [5.41, 5.74) is 0. The topological polar surface area (TPSA) is 43.1 Å². The van der Waals surface area contributed by atoms with Crippen molar-refractivity contribution in [3.8, 4) is 0 Å². The summed E-state index contributed by atoms with van der Waals surface area (Å²) in [6.45, 7) is 0. The van der Waals surface area contributed by atoms with Crippen LogP contribution < -0.4 is 0 Å². The van der Waals surface area contributed by atoms with Gasteiger partial charge in [0.15, 0.2) is 0 Å². The molecular formula is C9H7NO2S2. The Morgan fingerprint density at radius 1 is 1.43 bits per heavy atom. The highest BCUT2D eigenvalue weighted by Gasteiger charge is 2.02. The molecule has 0 spiro atoms. The predicted octanol–water partition coefficient (Wildman–Crippen LogP) is 3.23. The van der Waals surface area contributed by atoms with Crippen molar-refractivity contribution in [3.63, 3.8) is 0 Å². The summed E-state index contributed by atoms with van der Waals surface area (Å²) in [6, 6.07) is 7.94. The number of rotatable bonds is 3. The number of hydrogen-bond donors (Lipinski definition) is 0. The molecule has 2 aromatic rings. The second-order valence-corrected chi connectivity index (χ2v) is 4.69. The normalized spacial score (nSPS) is 10.6. The fourth-order valence-electron chi connectivity index (χ4n) is 1.16. The van der Waals surface area contributed by atoms with Gasteiger partial charge in [-0.2, -0.15) is 0 Å². The Kier molecular flexibility index (Phi) is 2.69. The Balaban J connectivity index is 2.21. The molecule has 72 valence electrons. The molecule has 0 saturated carbocycles. The molecule has 0 bridgehead atoms. The molecule has 1 aromatic carbocycles. The SMILES string of the molecule is O=[N+]([O-])CSc1ccc2sccc2c1. The number of benzene rings is 1. The standard InChI is InChI=1S/C9H7NO2S2/c11-10(12)6-14-8-1-2-9-7(5-8)3-4-13-9/h1-5H,6H2. The molecule has 1 aromatic heterocycles. The largest absolute Gasteiger partial charge is 0.264 e. The van der Waals surface area contributed by atoms with E-state index in [-0.39, 0.29) is 10.8 Å². The van der Waals surface area contributed by atoms with Crippen molar-refractivity contribution < 1.29 is 4.92 Å². The van der Waals surface area contributed by atoms with Crippen LogP contribution in [0, 0.1) is 10.1 Å². The van der Waals surface area contributed by atoms with Gasteiger partial charge in [-0.3, -0.25) is 10.1 Å². The Morgan fingerprint density at radius 2 is 2.29 bits per heavy atom. The van der Waals surface area contributed by atoms with Crippen LogP contribution in [-0.4, -0.2) is 10.8 Å². The minimum absolute atomic E-state index is 0.0738. The molecule has 0 amide bonds. The van der Waals surface area contributed by atoms with Gasteiger partial charge < -0.3 is 0 Å². The molecule has 2 rings (SSSR count). The van der Waals surface area contributed by atoms with E-state index in [0.29, 0.717) is 0 Å². The van der Waals surface area contributed by atoms with Gasteiger partial charge >= 0.3 is 0 Å². The average Bonchev–Trinajstić information content (AvgIpc) is 2.61. The molecule has 0 aliphatic rings. The summed E-state index contributed by atoms with van der Waals surface area (Å²) in [7, 11) is 0. The average molecular weight is 225 g/mol. The third kappa shape index (κ3) is 2.05. The van der Waals surface area contributed by atoms with Gasteiger partial charge in [0.05, 0.1) is 0 Å². The lowest BCUT2D eigenvalue weighted by Crippen LogP contribution is -1.94. The number of nitrogens with zero attached hydrogens (tertiary/aromatic N) is 1. The first-order valence-corrected chi connectivity index (χ1v) is 5.84. The van der Waals surface area contributed by atoms with Crippen molar-refractivity contribution in [1.82, 2.24) is 0 Å². The van der Waals surface area contributed by atoms with Crippen molar-refractivity contribution in [2.45, 2.75) is 4.90 Å². The van der Waals surface area contributed by atoms with Crippen molar-refractivity contribution >= 4 is 33.2 Å². The first kappa shape index (κ1) is 9.48. The van der Waals surface area contributed by atoms with Crippen LogP contribution in [0.2, 0.25) is 0 Å². The number of hydrogen-bond acceptors (Lipinski definition) is 4. The maximum absolute atomic E-state index is 10.2. The van der Waals surface area contributed by atoms with Crippen LogP contribution in [0.15, 0.2) is 34.5 Å². The molecular weight excluding hydrogens is 218 g/mol. The number of nitro groups is 1. The summed E-state index contributed by atoms with van der Waals surface area (Å²) >= 11 is 2.93. The van der Waals surface area contributed by atoms with Gasteiger partial charge in [0, 0.05) is 14.5 Å². The van der Waals surface area contributed by atoms with E-state index in [1.54, 1.807) is 11.3 Å². The van der Waals surface area contributed by atoms with E-state index in [9.17, 15) is 10.1 Å². The molecule has 0 aliphatic heterocycles. The maximum Gasteiger partial charge on any atom is 0.253 e. The van der Waals surface area contributed by atoms with Gasteiger partial charge in [0.1, 0.15) is 0 Å². The zero-order valence-corrected chi connectivity index (χ0v) is 8.81. The van der Waals surface area contributed by atoms with E-state index in [4.69, 9.17) is 0 Å². The molecule has 0 unspecified atom stereocenters. The maximum atomic E-state index is 10.2. The summed E-state index contributed by atoms with van der Waals surface area (Å²) < 4.78 is 1.22. The molecule has 0 saturated heterocycles. The summed E-state index contributed by atoms with van der Waals surface area (Å²) in [4.78, 5) is 10.8. The minimum atomic E-state index is -0.317. The first-order valence-electron chi connectivity index (χ1n) is 3.97. The molecule has 0 aliphatic carbocycles. The van der Waals surface area contributed by atoms with Crippen LogP contribution in [0.4, 0.5) is 0 Å². The van der Waals surface area contributed by atoms with E-state index in [0.717, 1.165) is 10.3 Å². The monoisotopic (exact) mass is 225 g/mol. The van der Waals surface area contributed by atoms with E-state index in [2.05, 4.69) is 0 Å². The lowest BCUT2D eigenvalue weighted by atomic mass is 10.3. The van der Waals surface area contributed by atoms with Gasteiger partial charge in [-0.25, -0.2) is 0 Å². The lowest BCUT2D eigenvalue weighted by molar-refractivity contribution is -0.456. The third-order valence-electron chi connectivity index (χ3n) is 1.76. The molecule has 3 nitrogen and oxygen atoms in total. The predicted molar refractivity (Wildman–Crippen MR) is 59.5 cm³/mol. The minimum Gasteiger partial charge on any atom is -0.264 e. The van der Waals surface area contributed by atoms with Crippen LogP contribution >= 0.6 is 23.1 Å². The number of thioether (sulfide) groups is 1. The van der Waals surface area contributed by atoms with Gasteiger partial charge in [-0.1, -0.05) is 0 Å². The first-order chi connectivity index (χ1) is 6.75. The highest BCUT2D eigenvalue weighted by molar-refractivity contribution is 7.99. The van der Waals surface area contributed by atoms with E-state index in [1.165, 1.54) is 16.5 Å². The van der Waals surface area contributed by atoms with Crippen LogP contribution in [0.25, 0.3) is 10.1 Å². The van der Waals surface area contributed by atoms with E-state index < -0.39 is 0 Å². The molecule has 1 heterocycles. The fraction of sp³-hybridized carbons (Fsp3) is 0.111. The highest BCUT2D eigenvalue weighted by atomic mass is 32.2. The zero-order chi connectivity index (χ0) is 9.97. The Bertz CT molecular complexity index is 467. The molecule has 5 heteroatoms. The van der Waals surface area contributed by atoms with Crippen molar-refractivity contribution in [1.29, 1.82) is 0 Å². The van der Waals surface area contributed by atoms with Gasteiger partial charge in [0.2, 0.25) is 0 Å². The lowest BCUT2D eigenvalue weighted by Gasteiger charge is -1.96. The Morgan fingerprint density at radius 3 is 3.07 bits per heavy atom. The molecule has 0 radical (unpaired) electrons. The second kappa shape index (κ2) is 3.98.